The smallest absolute Gasteiger partial charge is 0.252 e. The van der Waals surface area contributed by atoms with Crippen LogP contribution in [0.25, 0.3) is 16.3 Å². The molecule has 4 rings (SSSR count). The summed E-state index contributed by atoms with van der Waals surface area (Å²) in [7, 11) is 1.88. The Morgan fingerprint density at radius 2 is 2.19 bits per heavy atom. The lowest BCUT2D eigenvalue weighted by Crippen LogP contribution is -2.38. The Labute approximate surface area is 126 Å². The maximum atomic E-state index is 12.2. The SMILES string of the molecule is Cn1cc(C2=c3c(cc4ccc(Cl)c3c4)C(=O)NC2)cn1. The van der Waals surface area contributed by atoms with Crippen LogP contribution in [0, 0.1) is 0 Å². The van der Waals surface area contributed by atoms with Crippen LogP contribution in [-0.4, -0.2) is 22.2 Å². The number of nitrogens with zero attached hydrogens (tertiary/aromatic N) is 2. The highest BCUT2D eigenvalue weighted by atomic mass is 35.5. The van der Waals surface area contributed by atoms with Gasteiger partial charge in [-0.2, -0.15) is 5.10 Å². The number of amides is 1. The van der Waals surface area contributed by atoms with Crippen LogP contribution in [0.15, 0.2) is 36.7 Å². The second-order valence-electron chi connectivity index (χ2n) is 5.24. The minimum absolute atomic E-state index is 0.0551. The monoisotopic (exact) mass is 297 g/mol. The van der Waals surface area contributed by atoms with Gasteiger partial charge in [0.05, 0.1) is 6.20 Å². The van der Waals surface area contributed by atoms with Crippen molar-refractivity contribution in [3.8, 4) is 0 Å². The summed E-state index contributed by atoms with van der Waals surface area (Å²) in [5, 5.41) is 10.6. The van der Waals surface area contributed by atoms with E-state index in [0.717, 1.165) is 27.1 Å². The van der Waals surface area contributed by atoms with E-state index in [1.807, 2.05) is 43.7 Å². The highest BCUT2D eigenvalue weighted by Crippen LogP contribution is 2.23. The number of rotatable bonds is 1. The molecular formula is C16H12ClN3O. The van der Waals surface area contributed by atoms with Crippen molar-refractivity contribution in [2.24, 2.45) is 7.05 Å². The lowest BCUT2D eigenvalue weighted by Gasteiger charge is -2.18. The topological polar surface area (TPSA) is 46.9 Å². The maximum absolute atomic E-state index is 12.2. The molecule has 0 saturated heterocycles. The van der Waals surface area contributed by atoms with Crippen LogP contribution in [0.5, 0.6) is 0 Å². The number of aromatic nitrogens is 2. The molecule has 2 heterocycles. The molecule has 4 nitrogen and oxygen atoms in total. The van der Waals surface area contributed by atoms with Crippen molar-refractivity contribution in [1.82, 2.24) is 15.1 Å². The van der Waals surface area contributed by atoms with E-state index in [0.29, 0.717) is 17.1 Å². The van der Waals surface area contributed by atoms with Gasteiger partial charge in [-0.15, -0.1) is 0 Å². The fourth-order valence-corrected chi connectivity index (χ4v) is 3.10. The van der Waals surface area contributed by atoms with Gasteiger partial charge in [0.25, 0.3) is 5.91 Å². The number of hydrogen-bond acceptors (Lipinski definition) is 2. The van der Waals surface area contributed by atoms with Crippen LogP contribution in [-0.2, 0) is 7.05 Å². The fourth-order valence-electron chi connectivity index (χ4n) is 2.89. The van der Waals surface area contributed by atoms with E-state index >= 15 is 0 Å². The number of fused-ring (bicyclic) bond motifs is 4. The Kier molecular flexibility index (Phi) is 2.56. The largest absolute Gasteiger partial charge is 0.348 e. The van der Waals surface area contributed by atoms with Crippen molar-refractivity contribution in [2.45, 2.75) is 0 Å². The van der Waals surface area contributed by atoms with Gasteiger partial charge in [0.1, 0.15) is 0 Å². The third-order valence-electron chi connectivity index (χ3n) is 3.87. The van der Waals surface area contributed by atoms with Gasteiger partial charge in [0, 0.05) is 46.5 Å². The number of nitrogens with one attached hydrogen (secondary N) is 1. The first-order valence-electron chi connectivity index (χ1n) is 6.66. The highest BCUT2D eigenvalue weighted by molar-refractivity contribution is 6.34. The summed E-state index contributed by atoms with van der Waals surface area (Å²) in [6, 6.07) is 7.72. The fraction of sp³-hybridized carbons (Fsp3) is 0.125. The van der Waals surface area contributed by atoms with Crippen molar-refractivity contribution in [1.29, 1.82) is 0 Å². The molecule has 1 aliphatic rings. The molecule has 0 atom stereocenters. The van der Waals surface area contributed by atoms with Crippen molar-refractivity contribution < 1.29 is 4.79 Å². The van der Waals surface area contributed by atoms with Gasteiger partial charge in [0.2, 0.25) is 0 Å². The van der Waals surface area contributed by atoms with Gasteiger partial charge in [-0.3, -0.25) is 9.48 Å². The lowest BCUT2D eigenvalue weighted by atomic mass is 9.94. The average molecular weight is 298 g/mol. The standard InChI is InChI=1S/C16H12ClN3O/c1-20-8-10(6-19-20)13-7-18-16(21)12-5-9-2-3-14(17)11(4-9)15(12)13/h2-6,8H,7H2,1H3,(H,18,21). The van der Waals surface area contributed by atoms with Crippen LogP contribution in [0.2, 0.25) is 5.02 Å². The average Bonchev–Trinajstić information content (AvgIpc) is 2.90. The van der Waals surface area contributed by atoms with Gasteiger partial charge in [-0.25, -0.2) is 0 Å². The molecule has 0 spiro atoms. The molecule has 1 N–H and O–H groups in total. The van der Waals surface area contributed by atoms with Gasteiger partial charge >= 0.3 is 0 Å². The molecule has 21 heavy (non-hydrogen) atoms. The molecule has 0 aliphatic carbocycles. The van der Waals surface area contributed by atoms with E-state index in [9.17, 15) is 4.79 Å². The van der Waals surface area contributed by atoms with Gasteiger partial charge in [-0.1, -0.05) is 17.7 Å². The molecule has 104 valence electrons. The Morgan fingerprint density at radius 3 is 2.95 bits per heavy atom. The van der Waals surface area contributed by atoms with Crippen LogP contribution < -0.4 is 10.5 Å². The predicted molar refractivity (Wildman–Crippen MR) is 82.2 cm³/mol. The zero-order chi connectivity index (χ0) is 14.6. The van der Waals surface area contributed by atoms with E-state index < -0.39 is 0 Å². The molecule has 0 unspecified atom stereocenters. The van der Waals surface area contributed by atoms with Crippen LogP contribution in [0.1, 0.15) is 15.9 Å². The predicted octanol–water partition coefficient (Wildman–Crippen LogP) is 1.89. The summed E-state index contributed by atoms with van der Waals surface area (Å²) >= 11 is 6.34. The number of benzene rings is 2. The van der Waals surface area contributed by atoms with E-state index in [2.05, 4.69) is 10.4 Å². The number of carbonyl (C=O) groups is 1. The second kappa shape index (κ2) is 4.33. The van der Waals surface area contributed by atoms with Crippen molar-refractivity contribution >= 4 is 33.9 Å². The molecular weight excluding hydrogens is 286 g/mol. The minimum atomic E-state index is -0.0551. The van der Waals surface area contributed by atoms with Crippen LogP contribution in [0.3, 0.4) is 0 Å². The highest BCUT2D eigenvalue weighted by Gasteiger charge is 2.21. The molecule has 0 fully saturated rings. The van der Waals surface area contributed by atoms with Gasteiger partial charge < -0.3 is 5.32 Å². The van der Waals surface area contributed by atoms with Crippen LogP contribution >= 0.6 is 11.6 Å². The van der Waals surface area contributed by atoms with Gasteiger partial charge in [0.15, 0.2) is 0 Å². The third-order valence-corrected chi connectivity index (χ3v) is 4.20. The summed E-state index contributed by atoms with van der Waals surface area (Å²) in [6.07, 6.45) is 3.76. The zero-order valence-electron chi connectivity index (χ0n) is 11.4. The molecule has 1 aliphatic heterocycles. The third kappa shape index (κ3) is 1.83. The van der Waals surface area contributed by atoms with E-state index in [1.165, 1.54) is 0 Å². The Morgan fingerprint density at radius 1 is 1.33 bits per heavy atom. The summed E-state index contributed by atoms with van der Waals surface area (Å²) in [6.45, 7) is 0.484. The second-order valence-corrected chi connectivity index (χ2v) is 5.64. The Bertz CT molecular complexity index is 942. The molecule has 0 radical (unpaired) electrons. The zero-order valence-corrected chi connectivity index (χ0v) is 12.1. The molecule has 1 amide bonds. The van der Waals surface area contributed by atoms with Crippen LogP contribution in [0.4, 0.5) is 0 Å². The number of aryl methyl sites for hydroxylation is 1. The van der Waals surface area contributed by atoms with E-state index in [1.54, 1.807) is 4.68 Å². The number of hydrogen-bond donors (Lipinski definition) is 1. The normalized spacial score (nSPS) is 14.4. The minimum Gasteiger partial charge on any atom is -0.348 e. The van der Waals surface area contributed by atoms with Crippen molar-refractivity contribution in [3.63, 3.8) is 0 Å². The molecule has 1 aromatic heterocycles. The Balaban J connectivity index is 2.20. The molecule has 2 bridgehead atoms. The summed E-state index contributed by atoms with van der Waals surface area (Å²) < 4.78 is 1.75. The number of carbonyl (C=O) groups excluding carboxylic acids is 1. The number of halogens is 1. The first kappa shape index (κ1) is 12.4. The summed E-state index contributed by atoms with van der Waals surface area (Å²) in [5.41, 5.74) is 2.73. The Hall–Kier alpha value is -2.33. The van der Waals surface area contributed by atoms with E-state index in [4.69, 9.17) is 11.6 Å². The molecule has 2 aromatic carbocycles. The van der Waals surface area contributed by atoms with Crippen molar-refractivity contribution in [3.05, 3.63) is 58.0 Å². The van der Waals surface area contributed by atoms with Gasteiger partial charge in [-0.05, 0) is 29.2 Å². The van der Waals surface area contributed by atoms with Crippen molar-refractivity contribution in [2.75, 3.05) is 6.54 Å². The molecule has 3 aromatic rings. The summed E-state index contributed by atoms with van der Waals surface area (Å²) in [4.78, 5) is 12.2. The van der Waals surface area contributed by atoms with E-state index in [-0.39, 0.29) is 5.91 Å². The first-order chi connectivity index (χ1) is 10.1. The maximum Gasteiger partial charge on any atom is 0.252 e. The summed E-state index contributed by atoms with van der Waals surface area (Å²) in [5.74, 6) is -0.0551. The molecule has 5 heteroatoms. The molecule has 0 saturated carbocycles. The lowest BCUT2D eigenvalue weighted by molar-refractivity contribution is 0.0955. The quantitative estimate of drug-likeness (QED) is 0.745. The first-order valence-corrected chi connectivity index (χ1v) is 7.03.